The normalized spacial score (nSPS) is 21.8. The fourth-order valence-corrected chi connectivity index (χ4v) is 4.48. The molecule has 112 valence electrons. The third-order valence-electron chi connectivity index (χ3n) is 3.91. The van der Waals surface area contributed by atoms with Crippen molar-refractivity contribution in [3.63, 3.8) is 0 Å². The summed E-state index contributed by atoms with van der Waals surface area (Å²) in [4.78, 5) is 11.5. The van der Waals surface area contributed by atoms with Gasteiger partial charge in [-0.15, -0.1) is 0 Å². The third-order valence-corrected chi connectivity index (χ3v) is 5.40. The van der Waals surface area contributed by atoms with E-state index >= 15 is 0 Å². The fourth-order valence-electron chi connectivity index (χ4n) is 2.79. The maximum atomic E-state index is 11.5. The van der Waals surface area contributed by atoms with Crippen molar-refractivity contribution in [1.29, 1.82) is 0 Å². The van der Waals surface area contributed by atoms with Crippen LogP contribution >= 0.6 is 11.8 Å². The number of carboxylic acid groups (broad SMARTS) is 1. The molecule has 1 rings (SSSR count). The summed E-state index contributed by atoms with van der Waals surface area (Å²) >= 11 is 1.99. The van der Waals surface area contributed by atoms with Gasteiger partial charge in [0.05, 0.1) is 0 Å². The Bertz CT molecular complexity index is 279. The molecular formula is C15H29NO2S. The van der Waals surface area contributed by atoms with E-state index in [0.717, 1.165) is 18.2 Å². The number of rotatable bonds is 8. The Hall–Kier alpha value is -0.220. The van der Waals surface area contributed by atoms with E-state index < -0.39 is 11.5 Å². The predicted molar refractivity (Wildman–Crippen MR) is 82.9 cm³/mol. The Morgan fingerprint density at radius 2 is 2.05 bits per heavy atom. The Morgan fingerprint density at radius 3 is 2.58 bits per heavy atom. The van der Waals surface area contributed by atoms with E-state index in [1.165, 1.54) is 32.1 Å². The van der Waals surface area contributed by atoms with Gasteiger partial charge < -0.3 is 10.4 Å². The quantitative estimate of drug-likeness (QED) is 0.715. The summed E-state index contributed by atoms with van der Waals surface area (Å²) in [5, 5.41) is 13.8. The largest absolute Gasteiger partial charge is 0.480 e. The lowest BCUT2D eigenvalue weighted by molar-refractivity contribution is -0.144. The van der Waals surface area contributed by atoms with Crippen molar-refractivity contribution in [2.75, 3.05) is 6.54 Å². The van der Waals surface area contributed by atoms with Gasteiger partial charge in [-0.05, 0) is 39.2 Å². The van der Waals surface area contributed by atoms with Crippen LogP contribution in [0.4, 0.5) is 0 Å². The lowest BCUT2D eigenvalue weighted by Gasteiger charge is -2.31. The number of aliphatic carboxylic acids is 1. The van der Waals surface area contributed by atoms with E-state index in [2.05, 4.69) is 19.2 Å². The molecule has 0 amide bonds. The second-order valence-corrected chi connectivity index (χ2v) is 7.72. The van der Waals surface area contributed by atoms with Gasteiger partial charge in [-0.3, -0.25) is 4.79 Å². The monoisotopic (exact) mass is 287 g/mol. The molecule has 1 saturated carbocycles. The molecule has 0 radical (unpaired) electrons. The Kier molecular flexibility index (Phi) is 7.22. The molecule has 0 aliphatic heterocycles. The Balaban J connectivity index is 2.45. The first kappa shape index (κ1) is 16.8. The van der Waals surface area contributed by atoms with Gasteiger partial charge in [-0.1, -0.05) is 33.1 Å². The van der Waals surface area contributed by atoms with Gasteiger partial charge in [0.15, 0.2) is 0 Å². The molecule has 0 heterocycles. The van der Waals surface area contributed by atoms with E-state index in [1.807, 2.05) is 18.7 Å². The number of carbonyl (C=O) groups is 1. The molecule has 3 nitrogen and oxygen atoms in total. The minimum atomic E-state index is -0.781. The second kappa shape index (κ2) is 8.15. The van der Waals surface area contributed by atoms with E-state index in [-0.39, 0.29) is 0 Å². The van der Waals surface area contributed by atoms with Crippen LogP contribution in [0.3, 0.4) is 0 Å². The van der Waals surface area contributed by atoms with E-state index in [9.17, 15) is 9.90 Å². The zero-order valence-corrected chi connectivity index (χ0v) is 13.4. The van der Waals surface area contributed by atoms with Gasteiger partial charge in [0.1, 0.15) is 5.54 Å². The molecule has 19 heavy (non-hydrogen) atoms. The minimum Gasteiger partial charge on any atom is -0.480 e. The van der Waals surface area contributed by atoms with Crippen molar-refractivity contribution >= 4 is 17.7 Å². The van der Waals surface area contributed by atoms with Crippen LogP contribution in [0, 0.1) is 0 Å². The molecule has 2 N–H and O–H groups in total. The Labute approximate surface area is 121 Å². The highest BCUT2D eigenvalue weighted by molar-refractivity contribution is 8.00. The van der Waals surface area contributed by atoms with Crippen LogP contribution in [0.2, 0.25) is 0 Å². The maximum Gasteiger partial charge on any atom is 0.323 e. The first-order valence-corrected chi connectivity index (χ1v) is 8.56. The molecule has 0 bridgehead atoms. The highest BCUT2D eigenvalue weighted by Gasteiger charge is 2.34. The van der Waals surface area contributed by atoms with Crippen LogP contribution in [0.15, 0.2) is 0 Å². The third kappa shape index (κ3) is 5.74. The molecule has 0 aromatic heterocycles. The molecule has 2 atom stereocenters. The maximum absolute atomic E-state index is 11.5. The zero-order chi connectivity index (χ0) is 14.3. The van der Waals surface area contributed by atoms with Crippen LogP contribution < -0.4 is 5.32 Å². The number of carboxylic acids is 1. The molecule has 2 unspecified atom stereocenters. The molecule has 1 aliphatic carbocycles. The summed E-state index contributed by atoms with van der Waals surface area (Å²) in [6.45, 7) is 6.83. The molecule has 4 heteroatoms. The lowest BCUT2D eigenvalue weighted by atomic mass is 9.96. The Morgan fingerprint density at radius 1 is 1.42 bits per heavy atom. The molecule has 0 aromatic rings. The number of hydrogen-bond donors (Lipinski definition) is 2. The van der Waals surface area contributed by atoms with Gasteiger partial charge in [0.25, 0.3) is 0 Å². The summed E-state index contributed by atoms with van der Waals surface area (Å²) in [6, 6.07) is 0. The van der Waals surface area contributed by atoms with E-state index in [0.29, 0.717) is 11.7 Å². The van der Waals surface area contributed by atoms with Crippen LogP contribution in [0.5, 0.6) is 0 Å². The van der Waals surface area contributed by atoms with Crippen molar-refractivity contribution in [2.45, 2.75) is 81.8 Å². The summed E-state index contributed by atoms with van der Waals surface area (Å²) in [7, 11) is 0. The second-order valence-electron chi connectivity index (χ2n) is 5.97. The fraction of sp³-hybridized carbons (Fsp3) is 0.933. The lowest BCUT2D eigenvalue weighted by Crippen LogP contribution is -2.51. The smallest absolute Gasteiger partial charge is 0.323 e. The first-order valence-electron chi connectivity index (χ1n) is 7.62. The van der Waals surface area contributed by atoms with Crippen LogP contribution in [0.25, 0.3) is 0 Å². The van der Waals surface area contributed by atoms with Crippen molar-refractivity contribution in [1.82, 2.24) is 5.32 Å². The first-order chi connectivity index (χ1) is 8.98. The van der Waals surface area contributed by atoms with Gasteiger partial charge in [-0.2, -0.15) is 11.8 Å². The molecule has 0 saturated heterocycles. The zero-order valence-electron chi connectivity index (χ0n) is 12.6. The predicted octanol–water partition coefficient (Wildman–Crippen LogP) is 3.67. The molecule has 0 spiro atoms. The molecular weight excluding hydrogens is 258 g/mol. The number of hydrogen-bond acceptors (Lipinski definition) is 3. The van der Waals surface area contributed by atoms with Gasteiger partial charge >= 0.3 is 5.97 Å². The average Bonchev–Trinajstić information content (AvgIpc) is 2.37. The number of thioether (sulfide) groups is 1. The summed E-state index contributed by atoms with van der Waals surface area (Å²) in [5.41, 5.74) is -0.781. The highest BCUT2D eigenvalue weighted by Crippen LogP contribution is 2.33. The minimum absolute atomic E-state index is 0.397. The molecule has 1 fully saturated rings. The van der Waals surface area contributed by atoms with Gasteiger partial charge in [0, 0.05) is 10.5 Å². The van der Waals surface area contributed by atoms with Gasteiger partial charge in [0.2, 0.25) is 0 Å². The summed E-state index contributed by atoms with van der Waals surface area (Å²) in [6.07, 6.45) is 8.33. The molecule has 0 aromatic carbocycles. The van der Waals surface area contributed by atoms with Crippen LogP contribution in [-0.4, -0.2) is 33.7 Å². The topological polar surface area (TPSA) is 49.3 Å². The SMILES string of the molecule is CCCNC(C)(CC(C)SC1CCCCC1)C(=O)O. The average molecular weight is 287 g/mol. The molecule has 1 aliphatic rings. The van der Waals surface area contributed by atoms with Gasteiger partial charge in [-0.25, -0.2) is 0 Å². The van der Waals surface area contributed by atoms with Crippen molar-refractivity contribution in [3.8, 4) is 0 Å². The summed E-state index contributed by atoms with van der Waals surface area (Å²) in [5.74, 6) is -0.725. The van der Waals surface area contributed by atoms with E-state index in [1.54, 1.807) is 0 Å². The summed E-state index contributed by atoms with van der Waals surface area (Å²) < 4.78 is 0. The number of nitrogens with one attached hydrogen (secondary N) is 1. The van der Waals surface area contributed by atoms with Crippen molar-refractivity contribution in [2.24, 2.45) is 0 Å². The van der Waals surface area contributed by atoms with Crippen molar-refractivity contribution < 1.29 is 9.90 Å². The van der Waals surface area contributed by atoms with Crippen molar-refractivity contribution in [3.05, 3.63) is 0 Å². The standard InChI is InChI=1S/C15H29NO2S/c1-4-10-16-15(3,14(17)18)11-12(2)19-13-8-6-5-7-9-13/h12-13,16H,4-11H2,1-3H3,(H,17,18). The van der Waals surface area contributed by atoms with Crippen LogP contribution in [0.1, 0.15) is 65.7 Å². The highest BCUT2D eigenvalue weighted by atomic mass is 32.2. The van der Waals surface area contributed by atoms with E-state index in [4.69, 9.17) is 0 Å². The van der Waals surface area contributed by atoms with Crippen LogP contribution in [-0.2, 0) is 4.79 Å².